The number of halogens is 2. The first kappa shape index (κ1) is 20.1. The largest absolute Gasteiger partial charge is 0.352 e. The van der Waals surface area contributed by atoms with Crippen molar-refractivity contribution in [3.8, 4) is 5.69 Å². The molecule has 0 saturated carbocycles. The lowest BCUT2D eigenvalue weighted by Gasteiger charge is -2.09. The number of rotatable bonds is 7. The van der Waals surface area contributed by atoms with Crippen LogP contribution in [-0.2, 0) is 4.79 Å². The third kappa shape index (κ3) is 5.18. The quantitative estimate of drug-likeness (QED) is 0.593. The maximum atomic E-state index is 14.0. The smallest absolute Gasteiger partial charge is 0.251 e. The lowest BCUT2D eigenvalue weighted by atomic mass is 10.2. The molecule has 8 nitrogen and oxygen atoms in total. The lowest BCUT2D eigenvalue weighted by Crippen LogP contribution is -2.25. The van der Waals surface area contributed by atoms with Gasteiger partial charge in [0.15, 0.2) is 5.82 Å². The predicted octanol–water partition coefficient (Wildman–Crippen LogP) is 2.40. The highest BCUT2D eigenvalue weighted by molar-refractivity contribution is 5.94. The number of carbonyl (C=O) groups is 2. The van der Waals surface area contributed by atoms with Crippen LogP contribution in [0.15, 0.2) is 42.5 Å². The monoisotopic (exact) mass is 400 g/mol. The summed E-state index contributed by atoms with van der Waals surface area (Å²) in [6, 6.07) is 9.30. The Morgan fingerprint density at radius 1 is 1.10 bits per heavy atom. The van der Waals surface area contributed by atoms with E-state index in [-0.39, 0.29) is 24.6 Å². The first-order valence-electron chi connectivity index (χ1n) is 8.82. The van der Waals surface area contributed by atoms with Crippen LogP contribution in [0.1, 0.15) is 29.0 Å². The molecule has 0 fully saturated rings. The molecular formula is C19H18F2N6O2. The number of carbonyl (C=O) groups excluding carboxylic acids is 2. The molecule has 0 aliphatic carbocycles. The molecule has 2 N–H and O–H groups in total. The topological polar surface area (TPSA) is 102 Å². The van der Waals surface area contributed by atoms with Crippen LogP contribution in [0.25, 0.3) is 5.69 Å². The normalized spacial score (nSPS) is 10.6. The van der Waals surface area contributed by atoms with Gasteiger partial charge < -0.3 is 10.6 Å². The molecule has 2 amide bonds. The Morgan fingerprint density at radius 3 is 2.55 bits per heavy atom. The highest BCUT2D eigenvalue weighted by Gasteiger charge is 2.11. The number of anilines is 1. The minimum Gasteiger partial charge on any atom is -0.352 e. The van der Waals surface area contributed by atoms with E-state index in [2.05, 4.69) is 26.2 Å². The summed E-state index contributed by atoms with van der Waals surface area (Å²) in [5, 5.41) is 16.2. The summed E-state index contributed by atoms with van der Waals surface area (Å²) in [7, 11) is 0. The van der Waals surface area contributed by atoms with E-state index in [1.165, 1.54) is 47.1 Å². The number of nitrogens with zero attached hydrogens (tertiary/aromatic N) is 4. The van der Waals surface area contributed by atoms with Crippen LogP contribution < -0.4 is 10.6 Å². The van der Waals surface area contributed by atoms with Crippen molar-refractivity contribution in [2.24, 2.45) is 0 Å². The second-order valence-electron chi connectivity index (χ2n) is 6.22. The molecule has 0 bridgehead atoms. The van der Waals surface area contributed by atoms with Crippen LogP contribution in [0, 0.1) is 18.6 Å². The zero-order valence-corrected chi connectivity index (χ0v) is 15.5. The van der Waals surface area contributed by atoms with Crippen molar-refractivity contribution in [1.82, 2.24) is 25.5 Å². The number of hydrogen-bond donors (Lipinski definition) is 2. The Morgan fingerprint density at radius 2 is 1.86 bits per heavy atom. The molecule has 0 aliphatic rings. The predicted molar refractivity (Wildman–Crippen MR) is 100 cm³/mol. The van der Waals surface area contributed by atoms with Crippen LogP contribution in [0.3, 0.4) is 0 Å². The number of nitrogens with one attached hydrogen (secondary N) is 2. The van der Waals surface area contributed by atoms with Crippen molar-refractivity contribution in [2.75, 3.05) is 11.9 Å². The molecule has 29 heavy (non-hydrogen) atoms. The van der Waals surface area contributed by atoms with E-state index in [0.29, 0.717) is 23.5 Å². The average molecular weight is 400 g/mol. The van der Waals surface area contributed by atoms with E-state index in [0.717, 1.165) is 0 Å². The summed E-state index contributed by atoms with van der Waals surface area (Å²) in [5.74, 6) is -1.25. The molecule has 3 aromatic rings. The van der Waals surface area contributed by atoms with E-state index in [4.69, 9.17) is 0 Å². The summed E-state index contributed by atoms with van der Waals surface area (Å²) in [4.78, 5) is 24.0. The molecule has 0 atom stereocenters. The van der Waals surface area contributed by atoms with Crippen molar-refractivity contribution in [3.05, 3.63) is 65.5 Å². The van der Waals surface area contributed by atoms with E-state index < -0.39 is 17.5 Å². The molecule has 0 unspecified atom stereocenters. The Hall–Kier alpha value is -3.69. The van der Waals surface area contributed by atoms with Crippen molar-refractivity contribution in [2.45, 2.75) is 19.8 Å². The van der Waals surface area contributed by atoms with Gasteiger partial charge in [0, 0.05) is 18.5 Å². The van der Waals surface area contributed by atoms with Gasteiger partial charge >= 0.3 is 0 Å². The minimum atomic E-state index is -0.586. The maximum Gasteiger partial charge on any atom is 0.251 e. The Bertz CT molecular complexity index is 1020. The van der Waals surface area contributed by atoms with Gasteiger partial charge in [-0.25, -0.2) is 8.78 Å². The fourth-order valence-electron chi connectivity index (χ4n) is 2.58. The van der Waals surface area contributed by atoms with Gasteiger partial charge in [-0.1, -0.05) is 0 Å². The van der Waals surface area contributed by atoms with Crippen LogP contribution in [0.5, 0.6) is 0 Å². The molecule has 150 valence electrons. The highest BCUT2D eigenvalue weighted by atomic mass is 19.1. The van der Waals surface area contributed by atoms with E-state index >= 15 is 0 Å². The maximum absolute atomic E-state index is 14.0. The minimum absolute atomic E-state index is 0.0118. The van der Waals surface area contributed by atoms with Gasteiger partial charge in [-0.2, -0.15) is 4.68 Å². The molecule has 10 heteroatoms. The van der Waals surface area contributed by atoms with Crippen LogP contribution in [0.4, 0.5) is 14.5 Å². The zero-order valence-electron chi connectivity index (χ0n) is 15.5. The molecule has 0 aliphatic heterocycles. The molecule has 1 heterocycles. The molecular weight excluding hydrogens is 382 g/mol. The molecule has 2 aromatic carbocycles. The number of amides is 2. The Kier molecular flexibility index (Phi) is 6.22. The molecule has 0 saturated heterocycles. The number of aromatic nitrogens is 4. The number of hydrogen-bond acceptors (Lipinski definition) is 5. The van der Waals surface area contributed by atoms with Crippen LogP contribution in [-0.4, -0.2) is 38.6 Å². The molecule has 3 rings (SSSR count). The van der Waals surface area contributed by atoms with Crippen molar-refractivity contribution in [3.63, 3.8) is 0 Å². The number of aryl methyl sites for hydroxylation is 1. The summed E-state index contributed by atoms with van der Waals surface area (Å²) in [6.07, 6.45) is 0.434. The summed E-state index contributed by atoms with van der Waals surface area (Å²) in [5.41, 5.74) is 0.848. The lowest BCUT2D eigenvalue weighted by molar-refractivity contribution is -0.116. The average Bonchev–Trinajstić information content (AvgIpc) is 3.13. The molecule has 1 aromatic heterocycles. The van der Waals surface area contributed by atoms with Gasteiger partial charge in [0.1, 0.15) is 11.6 Å². The first-order chi connectivity index (χ1) is 13.9. The summed E-state index contributed by atoms with van der Waals surface area (Å²) < 4.78 is 28.3. The second kappa shape index (κ2) is 9.00. The Balaban J connectivity index is 1.50. The summed E-state index contributed by atoms with van der Waals surface area (Å²) >= 11 is 0. The number of tetrazole rings is 1. The van der Waals surface area contributed by atoms with Crippen LogP contribution >= 0.6 is 0 Å². The fraction of sp³-hybridized carbons (Fsp3) is 0.211. The van der Waals surface area contributed by atoms with Gasteiger partial charge in [0.25, 0.3) is 5.91 Å². The highest BCUT2D eigenvalue weighted by Crippen LogP contribution is 2.19. The van der Waals surface area contributed by atoms with Crippen molar-refractivity contribution in [1.29, 1.82) is 0 Å². The van der Waals surface area contributed by atoms with E-state index in [9.17, 15) is 18.4 Å². The van der Waals surface area contributed by atoms with Gasteiger partial charge in [-0.15, -0.1) is 5.10 Å². The van der Waals surface area contributed by atoms with Crippen molar-refractivity contribution < 1.29 is 18.4 Å². The molecule has 0 spiro atoms. The third-order valence-corrected chi connectivity index (χ3v) is 4.07. The van der Waals surface area contributed by atoms with E-state index in [1.54, 1.807) is 6.92 Å². The standard InChI is InChI=1S/C19H18F2N6O2/c1-12-24-25-26-27(12)15-8-9-16(21)17(11-15)23-18(28)3-2-10-22-19(29)13-4-6-14(20)7-5-13/h4-9,11H,2-3,10H2,1H3,(H,22,29)(H,23,28). The fourth-order valence-corrected chi connectivity index (χ4v) is 2.58. The van der Waals surface area contributed by atoms with Gasteiger partial charge in [0.2, 0.25) is 5.91 Å². The molecule has 0 radical (unpaired) electrons. The Labute approximate surface area is 164 Å². The second-order valence-corrected chi connectivity index (χ2v) is 6.22. The summed E-state index contributed by atoms with van der Waals surface area (Å²) in [6.45, 7) is 1.94. The third-order valence-electron chi connectivity index (χ3n) is 4.07. The zero-order chi connectivity index (χ0) is 20.8. The van der Waals surface area contributed by atoms with Crippen LogP contribution in [0.2, 0.25) is 0 Å². The SMILES string of the molecule is Cc1nnnn1-c1ccc(F)c(NC(=O)CCCNC(=O)c2ccc(F)cc2)c1. The van der Waals surface area contributed by atoms with Gasteiger partial charge in [-0.05, 0) is 66.2 Å². The van der Waals surface area contributed by atoms with Crippen molar-refractivity contribution >= 4 is 17.5 Å². The number of benzene rings is 2. The van der Waals surface area contributed by atoms with E-state index in [1.807, 2.05) is 0 Å². The van der Waals surface area contributed by atoms with Gasteiger partial charge in [-0.3, -0.25) is 9.59 Å². The first-order valence-corrected chi connectivity index (χ1v) is 8.82. The van der Waals surface area contributed by atoms with Gasteiger partial charge in [0.05, 0.1) is 11.4 Å².